The Balaban J connectivity index is 1.78. The van der Waals surface area contributed by atoms with Crippen molar-refractivity contribution in [1.82, 2.24) is 0 Å². The van der Waals surface area contributed by atoms with Crippen molar-refractivity contribution in [2.24, 2.45) is 0 Å². The number of ketones is 1. The van der Waals surface area contributed by atoms with Gasteiger partial charge in [0.15, 0.2) is 5.78 Å². The van der Waals surface area contributed by atoms with Gasteiger partial charge in [-0.1, -0.05) is 66.7 Å². The van der Waals surface area contributed by atoms with Crippen molar-refractivity contribution in [3.05, 3.63) is 77.4 Å². The van der Waals surface area contributed by atoms with Crippen molar-refractivity contribution >= 4 is 11.9 Å². The number of hydrogen-bond acceptors (Lipinski definition) is 2. The number of benzene rings is 2. The predicted molar refractivity (Wildman–Crippen MR) is 81.8 cm³/mol. The maximum atomic E-state index is 11.9. The van der Waals surface area contributed by atoms with Crippen LogP contribution in [0.1, 0.15) is 21.5 Å². The van der Waals surface area contributed by atoms with Crippen LogP contribution in [0, 0.1) is 6.92 Å². The fraction of sp³-hybridized carbons (Fsp3) is 0.167. The minimum Gasteiger partial charge on any atom is -0.369 e. The minimum absolute atomic E-state index is 0.0243. The van der Waals surface area contributed by atoms with Gasteiger partial charge in [0.1, 0.15) is 6.61 Å². The Bertz CT molecular complexity index is 585. The topological polar surface area (TPSA) is 26.3 Å². The average Bonchev–Trinajstić information content (AvgIpc) is 2.48. The number of carbonyl (C=O) groups is 1. The van der Waals surface area contributed by atoms with Gasteiger partial charge < -0.3 is 4.74 Å². The van der Waals surface area contributed by atoms with Crippen LogP contribution in [0.4, 0.5) is 0 Å². The summed E-state index contributed by atoms with van der Waals surface area (Å²) in [5.74, 6) is 0.0243. The number of carbonyl (C=O) groups excluding carboxylic acids is 1. The summed E-state index contributed by atoms with van der Waals surface area (Å²) < 4.78 is 5.39. The molecule has 0 bridgehead atoms. The molecule has 0 unspecified atom stereocenters. The molecule has 0 saturated carbocycles. The molecule has 0 amide bonds. The van der Waals surface area contributed by atoms with Gasteiger partial charge in [0.25, 0.3) is 0 Å². The zero-order valence-corrected chi connectivity index (χ0v) is 11.6. The average molecular weight is 266 g/mol. The van der Waals surface area contributed by atoms with E-state index in [0.29, 0.717) is 6.61 Å². The lowest BCUT2D eigenvalue weighted by Gasteiger charge is -2.04. The van der Waals surface area contributed by atoms with E-state index in [1.165, 1.54) is 0 Å². The quantitative estimate of drug-likeness (QED) is 0.585. The molecule has 0 atom stereocenters. The van der Waals surface area contributed by atoms with Gasteiger partial charge in [0, 0.05) is 5.56 Å². The lowest BCUT2D eigenvalue weighted by Crippen LogP contribution is -2.10. The third kappa shape index (κ3) is 4.18. The van der Waals surface area contributed by atoms with Crippen molar-refractivity contribution in [2.75, 3.05) is 13.2 Å². The number of hydrogen-bond donors (Lipinski definition) is 0. The number of Topliss-reactive ketones (excluding diaryl/α,β-unsaturated/α-hetero) is 1. The Morgan fingerprint density at radius 1 is 1.05 bits per heavy atom. The third-order valence-corrected chi connectivity index (χ3v) is 3.00. The Kier molecular flexibility index (Phi) is 5.27. The van der Waals surface area contributed by atoms with Crippen LogP contribution in [-0.4, -0.2) is 19.0 Å². The molecule has 0 spiro atoms. The maximum Gasteiger partial charge on any atom is 0.188 e. The Labute approximate surface area is 119 Å². The van der Waals surface area contributed by atoms with Gasteiger partial charge in [-0.2, -0.15) is 0 Å². The summed E-state index contributed by atoms with van der Waals surface area (Å²) in [6.45, 7) is 2.49. The van der Waals surface area contributed by atoms with Gasteiger partial charge in [-0.05, 0) is 18.1 Å². The molecule has 2 rings (SSSR count). The van der Waals surface area contributed by atoms with Gasteiger partial charge in [-0.25, -0.2) is 0 Å². The lowest BCUT2D eigenvalue weighted by atomic mass is 10.1. The Morgan fingerprint density at radius 2 is 1.75 bits per heavy atom. The molecule has 2 aromatic carbocycles. The van der Waals surface area contributed by atoms with E-state index in [0.717, 1.165) is 16.7 Å². The summed E-state index contributed by atoms with van der Waals surface area (Å²) in [5.41, 5.74) is 2.85. The number of ether oxygens (including phenoxy) is 1. The lowest BCUT2D eigenvalue weighted by molar-refractivity contribution is 0.0806. The number of rotatable bonds is 6. The van der Waals surface area contributed by atoms with Crippen LogP contribution in [0.15, 0.2) is 60.7 Å². The van der Waals surface area contributed by atoms with Crippen molar-refractivity contribution in [3.63, 3.8) is 0 Å². The predicted octanol–water partition coefficient (Wildman–Crippen LogP) is 3.91. The molecule has 0 radical (unpaired) electrons. The molecular formula is C18H18O2. The summed E-state index contributed by atoms with van der Waals surface area (Å²) in [4.78, 5) is 11.9. The van der Waals surface area contributed by atoms with Crippen molar-refractivity contribution in [1.29, 1.82) is 0 Å². The first-order chi connectivity index (χ1) is 9.77. The van der Waals surface area contributed by atoms with Gasteiger partial charge in [0.05, 0.1) is 6.61 Å². The van der Waals surface area contributed by atoms with Crippen molar-refractivity contribution in [3.8, 4) is 0 Å². The molecule has 0 aliphatic carbocycles. The van der Waals surface area contributed by atoms with Gasteiger partial charge in [0.2, 0.25) is 0 Å². The van der Waals surface area contributed by atoms with Crippen molar-refractivity contribution < 1.29 is 9.53 Å². The SMILES string of the molecule is Cc1ccccc1C(=O)COCC=Cc1ccccc1. The molecule has 0 aliphatic rings. The van der Waals surface area contributed by atoms with Crippen molar-refractivity contribution in [2.45, 2.75) is 6.92 Å². The summed E-state index contributed by atoms with van der Waals surface area (Å²) in [7, 11) is 0. The standard InChI is InChI=1S/C18H18O2/c1-15-8-5-6-12-17(15)18(19)14-20-13-7-11-16-9-3-2-4-10-16/h2-12H,13-14H2,1H3. The highest BCUT2D eigenvalue weighted by atomic mass is 16.5. The molecular weight excluding hydrogens is 248 g/mol. The smallest absolute Gasteiger partial charge is 0.188 e. The highest BCUT2D eigenvalue weighted by Crippen LogP contribution is 2.08. The summed E-state index contributed by atoms with van der Waals surface area (Å²) in [5, 5.41) is 0. The fourth-order valence-corrected chi connectivity index (χ4v) is 1.93. The van der Waals surface area contributed by atoms with Crippen LogP contribution in [0.5, 0.6) is 0 Å². The van der Waals surface area contributed by atoms with E-state index in [1.807, 2.05) is 73.7 Å². The van der Waals surface area contributed by atoms with Crippen LogP contribution in [-0.2, 0) is 4.74 Å². The molecule has 0 aliphatic heterocycles. The second-order valence-corrected chi connectivity index (χ2v) is 4.57. The zero-order valence-electron chi connectivity index (χ0n) is 11.6. The molecule has 0 N–H and O–H groups in total. The van der Waals surface area contributed by atoms with Crippen LogP contribution in [0.2, 0.25) is 0 Å². The zero-order chi connectivity index (χ0) is 14.2. The highest BCUT2D eigenvalue weighted by Gasteiger charge is 2.07. The molecule has 0 heterocycles. The number of aryl methyl sites for hydroxylation is 1. The summed E-state index contributed by atoms with van der Waals surface area (Å²) >= 11 is 0. The van der Waals surface area contributed by atoms with Crippen LogP contribution < -0.4 is 0 Å². The Morgan fingerprint density at radius 3 is 2.50 bits per heavy atom. The van der Waals surface area contributed by atoms with E-state index in [1.54, 1.807) is 0 Å². The van der Waals surface area contributed by atoms with Gasteiger partial charge >= 0.3 is 0 Å². The van der Waals surface area contributed by atoms with Crippen LogP contribution >= 0.6 is 0 Å². The first kappa shape index (κ1) is 14.2. The monoisotopic (exact) mass is 266 g/mol. The van der Waals surface area contributed by atoms with E-state index < -0.39 is 0 Å². The molecule has 2 nitrogen and oxygen atoms in total. The minimum atomic E-state index is 0.0243. The van der Waals surface area contributed by atoms with E-state index in [-0.39, 0.29) is 12.4 Å². The molecule has 0 fully saturated rings. The van der Waals surface area contributed by atoms with Gasteiger partial charge in [-0.15, -0.1) is 0 Å². The van der Waals surface area contributed by atoms with E-state index in [2.05, 4.69) is 0 Å². The second kappa shape index (κ2) is 7.41. The highest BCUT2D eigenvalue weighted by molar-refractivity contribution is 5.98. The second-order valence-electron chi connectivity index (χ2n) is 4.57. The van der Waals surface area contributed by atoms with E-state index in [4.69, 9.17) is 4.74 Å². The largest absolute Gasteiger partial charge is 0.369 e. The molecule has 102 valence electrons. The van der Waals surface area contributed by atoms with Gasteiger partial charge in [-0.3, -0.25) is 4.79 Å². The van der Waals surface area contributed by atoms with Crippen LogP contribution in [0.3, 0.4) is 0 Å². The van der Waals surface area contributed by atoms with E-state index >= 15 is 0 Å². The van der Waals surface area contributed by atoms with Crippen LogP contribution in [0.25, 0.3) is 6.08 Å². The summed E-state index contributed by atoms with van der Waals surface area (Å²) in [6, 6.07) is 17.6. The molecule has 2 aromatic rings. The normalized spacial score (nSPS) is 10.8. The summed E-state index contributed by atoms with van der Waals surface area (Å²) in [6.07, 6.45) is 3.90. The maximum absolute atomic E-state index is 11.9. The molecule has 20 heavy (non-hydrogen) atoms. The first-order valence-corrected chi connectivity index (χ1v) is 6.65. The molecule has 0 aromatic heterocycles. The Hall–Kier alpha value is -2.19. The molecule has 0 saturated heterocycles. The molecule has 2 heteroatoms. The third-order valence-electron chi connectivity index (χ3n) is 3.00. The first-order valence-electron chi connectivity index (χ1n) is 6.65. The van der Waals surface area contributed by atoms with E-state index in [9.17, 15) is 4.79 Å². The fourth-order valence-electron chi connectivity index (χ4n) is 1.93.